The van der Waals surface area contributed by atoms with E-state index in [2.05, 4.69) is 25.9 Å². The molecule has 1 aliphatic heterocycles. The Kier molecular flexibility index (Phi) is 4.86. The number of hydrogen-bond acceptors (Lipinski definition) is 5. The van der Waals surface area contributed by atoms with Crippen LogP contribution in [-0.4, -0.2) is 47.3 Å². The van der Waals surface area contributed by atoms with Crippen molar-refractivity contribution < 1.29 is 18.3 Å². The van der Waals surface area contributed by atoms with Crippen LogP contribution in [0.5, 0.6) is 0 Å². The highest BCUT2D eigenvalue weighted by atomic mass is 79.9. The predicted molar refractivity (Wildman–Crippen MR) is 99.5 cm³/mol. The summed E-state index contributed by atoms with van der Waals surface area (Å²) < 4.78 is 27.6. The molecule has 2 heterocycles. The van der Waals surface area contributed by atoms with Crippen LogP contribution in [-0.2, 0) is 14.8 Å². The van der Waals surface area contributed by atoms with Crippen molar-refractivity contribution in [2.45, 2.75) is 23.8 Å². The van der Waals surface area contributed by atoms with Crippen LogP contribution in [0.1, 0.15) is 12.8 Å². The molecule has 1 aromatic carbocycles. The van der Waals surface area contributed by atoms with Crippen LogP contribution < -0.4 is 11.5 Å². The molecule has 11 heteroatoms. The largest absolute Gasteiger partial charge is 0.480 e. The molecule has 138 valence electrons. The van der Waals surface area contributed by atoms with Gasteiger partial charge in [-0.15, -0.1) is 0 Å². The maximum absolute atomic E-state index is 13.0. The Morgan fingerprint density at radius 2 is 2.08 bits per heavy atom. The molecule has 0 spiro atoms. The average molecular weight is 442 g/mol. The number of aliphatic imine (C=N–C) groups is 1. The van der Waals surface area contributed by atoms with Gasteiger partial charge in [0, 0.05) is 28.0 Å². The highest BCUT2D eigenvalue weighted by Crippen LogP contribution is 2.33. The fourth-order valence-corrected chi connectivity index (χ4v) is 5.08. The van der Waals surface area contributed by atoms with Gasteiger partial charge in [-0.05, 0) is 40.9 Å². The Labute approximate surface area is 157 Å². The monoisotopic (exact) mass is 441 g/mol. The minimum absolute atomic E-state index is 0.0370. The van der Waals surface area contributed by atoms with E-state index in [1.807, 2.05) is 0 Å². The van der Waals surface area contributed by atoms with Gasteiger partial charge in [-0.2, -0.15) is 9.30 Å². The predicted octanol–water partition coefficient (Wildman–Crippen LogP) is 1.14. The van der Waals surface area contributed by atoms with Gasteiger partial charge in [0.25, 0.3) is 0 Å². The van der Waals surface area contributed by atoms with Crippen LogP contribution >= 0.6 is 15.9 Å². The van der Waals surface area contributed by atoms with E-state index in [-0.39, 0.29) is 29.6 Å². The van der Waals surface area contributed by atoms with Crippen molar-refractivity contribution in [1.82, 2.24) is 9.29 Å². The molecular formula is C15H16BrN5O4S. The molecule has 1 aromatic heterocycles. The van der Waals surface area contributed by atoms with E-state index in [0.29, 0.717) is 21.7 Å². The second kappa shape index (κ2) is 6.82. The fraction of sp³-hybridized carbons (Fsp3) is 0.267. The van der Waals surface area contributed by atoms with E-state index in [1.165, 1.54) is 18.3 Å². The summed E-state index contributed by atoms with van der Waals surface area (Å²) in [5, 5.41) is 10.4. The number of benzene rings is 1. The zero-order valence-corrected chi connectivity index (χ0v) is 15.9. The summed E-state index contributed by atoms with van der Waals surface area (Å²) in [5.74, 6) is -1.19. The smallest absolute Gasteiger partial charge is 0.322 e. The number of nitrogens with two attached hydrogens (primary N) is 2. The maximum atomic E-state index is 13.0. The normalized spacial score (nSPS) is 18.1. The molecule has 5 N–H and O–H groups in total. The van der Waals surface area contributed by atoms with Gasteiger partial charge < -0.3 is 16.6 Å². The van der Waals surface area contributed by atoms with Gasteiger partial charge in [0.1, 0.15) is 6.04 Å². The molecule has 0 amide bonds. The number of sulfonamides is 1. The number of halogens is 1. The summed E-state index contributed by atoms with van der Waals surface area (Å²) in [5.41, 5.74) is 10.8. The Morgan fingerprint density at radius 3 is 2.73 bits per heavy atom. The lowest BCUT2D eigenvalue weighted by Crippen LogP contribution is -2.40. The lowest BCUT2D eigenvalue weighted by molar-refractivity contribution is -0.140. The van der Waals surface area contributed by atoms with Gasteiger partial charge >= 0.3 is 5.97 Å². The number of rotatable bonds is 4. The van der Waals surface area contributed by atoms with Crippen LogP contribution in [0, 0.1) is 0 Å². The van der Waals surface area contributed by atoms with Crippen LogP contribution in [0.2, 0.25) is 0 Å². The van der Waals surface area contributed by atoms with Gasteiger partial charge in [-0.3, -0.25) is 4.79 Å². The summed E-state index contributed by atoms with van der Waals surface area (Å²) in [6.45, 7) is 0.162. The van der Waals surface area contributed by atoms with Crippen LogP contribution in [0.25, 0.3) is 10.8 Å². The van der Waals surface area contributed by atoms with E-state index < -0.39 is 22.0 Å². The molecule has 0 aliphatic carbocycles. The molecule has 0 saturated carbocycles. The number of carboxylic acids is 1. The number of carbonyl (C=O) groups is 1. The summed E-state index contributed by atoms with van der Waals surface area (Å²) >= 11 is 3.36. The maximum Gasteiger partial charge on any atom is 0.322 e. The Balaban J connectivity index is 2.17. The third-order valence-electron chi connectivity index (χ3n) is 4.12. The molecule has 2 aromatic rings. The van der Waals surface area contributed by atoms with E-state index in [0.717, 1.165) is 4.31 Å². The number of nitrogens with zero attached hydrogens (tertiary/aromatic N) is 3. The molecule has 3 rings (SSSR count). The first-order valence-electron chi connectivity index (χ1n) is 7.64. The Bertz CT molecular complexity index is 1020. The lowest BCUT2D eigenvalue weighted by Gasteiger charge is -2.21. The Morgan fingerprint density at radius 1 is 1.35 bits per heavy atom. The first-order chi connectivity index (χ1) is 12.2. The topological polar surface area (TPSA) is 152 Å². The van der Waals surface area contributed by atoms with Crippen molar-refractivity contribution in [3.8, 4) is 0 Å². The molecule has 0 bridgehead atoms. The SMILES string of the molecule is NC(N)=Nc1ncc(Br)c2ccc(S(=O)(=O)N3CCCC3C(=O)O)cc12. The number of fused-ring (bicyclic) bond motifs is 1. The number of aromatic nitrogens is 1. The third-order valence-corrected chi connectivity index (χ3v) is 6.66. The number of guanidine groups is 1. The van der Waals surface area contributed by atoms with Crippen molar-refractivity contribution in [3.63, 3.8) is 0 Å². The van der Waals surface area contributed by atoms with E-state index in [4.69, 9.17) is 11.5 Å². The summed E-state index contributed by atoms with van der Waals surface area (Å²) in [4.78, 5) is 19.4. The molecule has 1 unspecified atom stereocenters. The van der Waals surface area contributed by atoms with Crippen molar-refractivity contribution in [1.29, 1.82) is 0 Å². The second-order valence-electron chi connectivity index (χ2n) is 5.79. The lowest BCUT2D eigenvalue weighted by atomic mass is 10.1. The molecule has 1 saturated heterocycles. The number of hydrogen-bond donors (Lipinski definition) is 3. The molecule has 1 atom stereocenters. The van der Waals surface area contributed by atoms with Gasteiger partial charge in [0.2, 0.25) is 10.0 Å². The van der Waals surface area contributed by atoms with Crippen molar-refractivity contribution >= 4 is 54.5 Å². The highest BCUT2D eigenvalue weighted by Gasteiger charge is 2.39. The van der Waals surface area contributed by atoms with Crippen LogP contribution in [0.3, 0.4) is 0 Å². The zero-order valence-electron chi connectivity index (χ0n) is 13.5. The van der Waals surface area contributed by atoms with Gasteiger partial charge in [0.05, 0.1) is 4.90 Å². The minimum atomic E-state index is -3.98. The van der Waals surface area contributed by atoms with Crippen molar-refractivity contribution in [2.24, 2.45) is 16.5 Å². The molecule has 0 radical (unpaired) electrons. The molecule has 9 nitrogen and oxygen atoms in total. The zero-order chi connectivity index (χ0) is 19.1. The first kappa shape index (κ1) is 18.5. The third kappa shape index (κ3) is 3.24. The summed E-state index contributed by atoms with van der Waals surface area (Å²) in [7, 11) is -3.98. The molecule has 1 aliphatic rings. The number of pyridine rings is 1. The van der Waals surface area contributed by atoms with E-state index in [9.17, 15) is 18.3 Å². The highest BCUT2D eigenvalue weighted by molar-refractivity contribution is 9.10. The fourth-order valence-electron chi connectivity index (χ4n) is 2.96. The van der Waals surface area contributed by atoms with E-state index in [1.54, 1.807) is 6.07 Å². The summed E-state index contributed by atoms with van der Waals surface area (Å²) in [6, 6.07) is 3.37. The van der Waals surface area contributed by atoms with Crippen molar-refractivity contribution in [3.05, 3.63) is 28.9 Å². The number of carboxylic acid groups (broad SMARTS) is 1. The first-order valence-corrected chi connectivity index (χ1v) is 9.87. The standard InChI is InChI=1S/C15H16BrN5O4S/c16-11-7-19-13(20-15(17)18)10-6-8(3-4-9(10)11)26(24,25)21-5-1-2-12(21)14(22)23/h3-4,6-7,12H,1-2,5H2,(H,22,23)(H4,17,18,19,20). The van der Waals surface area contributed by atoms with Crippen LogP contribution in [0.15, 0.2) is 38.8 Å². The Hall–Kier alpha value is -2.24. The number of aliphatic carboxylic acids is 1. The van der Waals surface area contributed by atoms with Gasteiger partial charge in [-0.25, -0.2) is 13.4 Å². The second-order valence-corrected chi connectivity index (χ2v) is 8.53. The minimum Gasteiger partial charge on any atom is -0.480 e. The average Bonchev–Trinajstić information content (AvgIpc) is 3.07. The quantitative estimate of drug-likeness (QED) is 0.474. The van der Waals surface area contributed by atoms with Gasteiger partial charge in [-0.1, -0.05) is 6.07 Å². The molecular weight excluding hydrogens is 426 g/mol. The summed E-state index contributed by atoms with van der Waals surface area (Å²) in [6.07, 6.45) is 2.30. The molecule has 26 heavy (non-hydrogen) atoms. The molecule has 1 fully saturated rings. The van der Waals surface area contributed by atoms with Gasteiger partial charge in [0.15, 0.2) is 11.8 Å². The van der Waals surface area contributed by atoms with Crippen molar-refractivity contribution in [2.75, 3.05) is 6.54 Å². The van der Waals surface area contributed by atoms with E-state index >= 15 is 0 Å². The van der Waals surface area contributed by atoms with Crippen LogP contribution in [0.4, 0.5) is 5.82 Å².